The molecule has 0 radical (unpaired) electrons. The Morgan fingerprint density at radius 2 is 1.68 bits per heavy atom. The molecule has 2 aliphatic rings. The molecule has 2 aliphatic heterocycles. The van der Waals surface area contributed by atoms with Crippen LogP contribution in [0.25, 0.3) is 0 Å². The number of thiophene rings is 1. The number of anilines is 1. The van der Waals surface area contributed by atoms with Crippen molar-refractivity contribution in [3.05, 3.63) is 86.0 Å². The highest BCUT2D eigenvalue weighted by Crippen LogP contribution is 2.27. The molecule has 1 N–H and O–H groups in total. The maximum atomic E-state index is 13.8. The SMILES string of the molecule is O=C([C@@H](Cc1ccc(Cl)cc1Cl)N1C(=O)CCC1=O)N1CCN(c2ccccc2CNCCc2cccs2)CC1. The van der Waals surface area contributed by atoms with E-state index in [0.29, 0.717) is 41.8 Å². The van der Waals surface area contributed by atoms with Gasteiger partial charge in [-0.2, -0.15) is 0 Å². The lowest BCUT2D eigenvalue weighted by Gasteiger charge is -2.39. The van der Waals surface area contributed by atoms with Crippen LogP contribution in [0.4, 0.5) is 5.69 Å². The van der Waals surface area contributed by atoms with Crippen LogP contribution in [0.3, 0.4) is 0 Å². The number of benzene rings is 2. The molecule has 3 amide bonds. The summed E-state index contributed by atoms with van der Waals surface area (Å²) in [5.74, 6) is -0.849. The Kier molecular flexibility index (Phi) is 9.42. The number of para-hydroxylation sites is 1. The topological polar surface area (TPSA) is 73.0 Å². The van der Waals surface area contributed by atoms with Crippen molar-refractivity contribution < 1.29 is 14.4 Å². The van der Waals surface area contributed by atoms with Crippen molar-refractivity contribution in [3.63, 3.8) is 0 Å². The van der Waals surface area contributed by atoms with Gasteiger partial charge in [-0.25, -0.2) is 0 Å². The predicted octanol–water partition coefficient (Wildman–Crippen LogP) is 4.80. The number of rotatable bonds is 10. The standard InChI is InChI=1S/C30H32Cl2N4O3S/c31-23-8-7-21(25(32)19-23)18-27(36-28(37)9-10-29(36)38)30(39)35-15-13-34(14-16-35)26-6-2-1-4-22(26)20-33-12-11-24-5-3-17-40-24/h1-8,17,19,27,33H,9-16,18,20H2/t27-/m1/s1. The molecule has 3 aromatic rings. The number of hydrogen-bond acceptors (Lipinski definition) is 6. The summed E-state index contributed by atoms with van der Waals surface area (Å²) in [4.78, 5) is 45.7. The summed E-state index contributed by atoms with van der Waals surface area (Å²) < 4.78 is 0. The number of likely N-dealkylation sites (tertiary alicyclic amines) is 1. The minimum absolute atomic E-state index is 0.128. The van der Waals surface area contributed by atoms with E-state index in [2.05, 4.69) is 45.9 Å². The highest BCUT2D eigenvalue weighted by molar-refractivity contribution is 7.09. The Morgan fingerprint density at radius 1 is 0.925 bits per heavy atom. The van der Waals surface area contributed by atoms with Gasteiger partial charge in [-0.3, -0.25) is 19.3 Å². The number of carbonyl (C=O) groups excluding carboxylic acids is 3. The summed E-state index contributed by atoms with van der Waals surface area (Å²) in [7, 11) is 0. The second-order valence-electron chi connectivity index (χ2n) is 10.1. The molecule has 0 spiro atoms. The third-order valence-electron chi connectivity index (χ3n) is 7.48. The van der Waals surface area contributed by atoms with Gasteiger partial charge in [0.2, 0.25) is 17.7 Å². The Morgan fingerprint density at radius 3 is 2.38 bits per heavy atom. The van der Waals surface area contributed by atoms with Crippen molar-refractivity contribution in [3.8, 4) is 0 Å². The largest absolute Gasteiger partial charge is 0.368 e. The van der Waals surface area contributed by atoms with Gasteiger partial charge < -0.3 is 15.1 Å². The van der Waals surface area contributed by atoms with E-state index in [1.54, 1.807) is 34.4 Å². The molecule has 0 saturated carbocycles. The molecule has 40 heavy (non-hydrogen) atoms. The lowest BCUT2D eigenvalue weighted by Crippen LogP contribution is -2.56. The number of nitrogens with zero attached hydrogens (tertiary/aromatic N) is 3. The smallest absolute Gasteiger partial charge is 0.246 e. The molecule has 0 aliphatic carbocycles. The van der Waals surface area contributed by atoms with Gasteiger partial charge >= 0.3 is 0 Å². The first kappa shape index (κ1) is 28.6. The zero-order valence-corrected chi connectivity index (χ0v) is 24.5. The third kappa shape index (κ3) is 6.69. The summed E-state index contributed by atoms with van der Waals surface area (Å²) in [6, 6.07) is 16.7. The lowest BCUT2D eigenvalue weighted by atomic mass is 10.0. The molecule has 5 rings (SSSR count). The normalized spacial score (nSPS) is 16.6. The lowest BCUT2D eigenvalue weighted by molar-refractivity contribution is -0.150. The van der Waals surface area contributed by atoms with E-state index in [0.717, 1.165) is 30.1 Å². The molecule has 1 atom stereocenters. The fraction of sp³-hybridized carbons (Fsp3) is 0.367. The van der Waals surface area contributed by atoms with Crippen LogP contribution < -0.4 is 10.2 Å². The van der Waals surface area contributed by atoms with E-state index in [1.807, 2.05) is 6.07 Å². The van der Waals surface area contributed by atoms with Crippen molar-refractivity contribution in [1.29, 1.82) is 0 Å². The van der Waals surface area contributed by atoms with Crippen LogP contribution in [0.15, 0.2) is 60.0 Å². The van der Waals surface area contributed by atoms with Gasteiger partial charge in [0.05, 0.1) is 0 Å². The maximum absolute atomic E-state index is 13.8. The fourth-order valence-corrected chi connectivity index (χ4v) is 6.56. The first-order valence-corrected chi connectivity index (χ1v) is 15.2. The van der Waals surface area contributed by atoms with Crippen molar-refractivity contribution in [2.75, 3.05) is 37.6 Å². The van der Waals surface area contributed by atoms with E-state index in [9.17, 15) is 14.4 Å². The van der Waals surface area contributed by atoms with Crippen LogP contribution in [0.1, 0.15) is 28.8 Å². The van der Waals surface area contributed by atoms with Crippen molar-refractivity contribution in [1.82, 2.24) is 15.1 Å². The highest BCUT2D eigenvalue weighted by Gasteiger charge is 2.41. The fourth-order valence-electron chi connectivity index (χ4n) is 5.36. The Labute approximate surface area is 248 Å². The molecule has 3 heterocycles. The van der Waals surface area contributed by atoms with Gasteiger partial charge in [0.25, 0.3) is 0 Å². The second-order valence-corrected chi connectivity index (χ2v) is 11.9. The monoisotopic (exact) mass is 598 g/mol. The van der Waals surface area contributed by atoms with Crippen LogP contribution in [0.2, 0.25) is 10.0 Å². The minimum atomic E-state index is -0.924. The average Bonchev–Trinajstić information content (AvgIpc) is 3.60. The molecule has 2 fully saturated rings. The molecular weight excluding hydrogens is 567 g/mol. The zero-order valence-electron chi connectivity index (χ0n) is 22.2. The van der Waals surface area contributed by atoms with E-state index in [4.69, 9.17) is 23.2 Å². The Hall–Kier alpha value is -2.91. The Balaban J connectivity index is 1.24. The van der Waals surface area contributed by atoms with Gasteiger partial charge in [0.15, 0.2) is 0 Å². The van der Waals surface area contributed by atoms with Crippen molar-refractivity contribution >= 4 is 57.9 Å². The number of carbonyl (C=O) groups is 3. The first-order chi connectivity index (χ1) is 19.4. The predicted molar refractivity (Wildman–Crippen MR) is 160 cm³/mol. The van der Waals surface area contributed by atoms with Crippen LogP contribution >= 0.6 is 34.5 Å². The summed E-state index contributed by atoms with van der Waals surface area (Å²) in [6.07, 6.45) is 1.42. The van der Waals surface area contributed by atoms with Gasteiger partial charge in [-0.15, -0.1) is 11.3 Å². The van der Waals surface area contributed by atoms with Crippen LogP contribution in [0.5, 0.6) is 0 Å². The molecule has 210 valence electrons. The maximum Gasteiger partial charge on any atom is 0.246 e. The molecule has 2 aromatic carbocycles. The van der Waals surface area contributed by atoms with Gasteiger partial charge in [-0.05, 0) is 47.2 Å². The minimum Gasteiger partial charge on any atom is -0.368 e. The molecule has 0 unspecified atom stereocenters. The van der Waals surface area contributed by atoms with E-state index < -0.39 is 6.04 Å². The van der Waals surface area contributed by atoms with Crippen molar-refractivity contribution in [2.24, 2.45) is 0 Å². The molecular formula is C30H32Cl2N4O3S. The van der Waals surface area contributed by atoms with Gasteiger partial charge in [0, 0.05) is 79.1 Å². The number of halogens is 2. The van der Waals surface area contributed by atoms with Crippen LogP contribution in [0, 0.1) is 0 Å². The van der Waals surface area contributed by atoms with Crippen molar-refractivity contribution in [2.45, 2.75) is 38.3 Å². The number of piperazine rings is 1. The summed E-state index contributed by atoms with van der Waals surface area (Å²) in [6.45, 7) is 4.00. The average molecular weight is 600 g/mol. The number of hydrogen-bond donors (Lipinski definition) is 1. The molecule has 7 nitrogen and oxygen atoms in total. The highest BCUT2D eigenvalue weighted by atomic mass is 35.5. The van der Waals surface area contributed by atoms with Crippen LogP contribution in [-0.4, -0.2) is 66.3 Å². The molecule has 2 saturated heterocycles. The zero-order chi connectivity index (χ0) is 28.1. The van der Waals surface area contributed by atoms with Crippen LogP contribution in [-0.2, 0) is 33.8 Å². The van der Waals surface area contributed by atoms with Gasteiger partial charge in [0.1, 0.15) is 6.04 Å². The molecule has 0 bridgehead atoms. The van der Waals surface area contributed by atoms with E-state index in [-0.39, 0.29) is 37.0 Å². The summed E-state index contributed by atoms with van der Waals surface area (Å²) in [5, 5.41) is 6.56. The first-order valence-electron chi connectivity index (χ1n) is 13.5. The summed E-state index contributed by atoms with van der Waals surface area (Å²) in [5.41, 5.74) is 3.06. The number of imide groups is 1. The second kappa shape index (κ2) is 13.2. The third-order valence-corrected chi connectivity index (χ3v) is 9.01. The quantitative estimate of drug-likeness (QED) is 0.268. The summed E-state index contributed by atoms with van der Waals surface area (Å²) >= 11 is 14.2. The molecule has 1 aromatic heterocycles. The Bertz CT molecular complexity index is 1340. The van der Waals surface area contributed by atoms with E-state index >= 15 is 0 Å². The number of nitrogens with one attached hydrogen (secondary N) is 1. The van der Waals surface area contributed by atoms with Gasteiger partial charge in [-0.1, -0.05) is 53.5 Å². The van der Waals surface area contributed by atoms with E-state index in [1.165, 1.54) is 10.4 Å². The number of amides is 3. The molecule has 10 heteroatoms.